The predicted molar refractivity (Wildman–Crippen MR) is 416 cm³/mol. The lowest BCUT2D eigenvalue weighted by molar-refractivity contribution is -0.379. The van der Waals surface area contributed by atoms with E-state index in [-0.39, 0.29) is 18.9 Å². The Hall–Kier alpha value is -1.47. The molecule has 17 atom stereocenters. The van der Waals surface area contributed by atoms with Crippen molar-refractivity contribution < 1.29 is 89.4 Å². The van der Waals surface area contributed by atoms with Gasteiger partial charge in [-0.2, -0.15) is 0 Å². The fourth-order valence-corrected chi connectivity index (χ4v) is 15.3. The molecule has 19 nitrogen and oxygen atoms in total. The number of carbonyl (C=O) groups excluding carboxylic acids is 1. The molecule has 0 aliphatic carbocycles. The molecule has 0 aromatic carbocycles. The number of hydrogen-bond acceptors (Lipinski definition) is 18. The Kier molecular flexibility index (Phi) is 61.5. The van der Waals surface area contributed by atoms with E-state index in [4.69, 9.17) is 28.4 Å². The summed E-state index contributed by atoms with van der Waals surface area (Å²) in [7, 11) is 0. The zero-order valence-corrected chi connectivity index (χ0v) is 66.3. The third-order valence-electron chi connectivity index (χ3n) is 22.3. The first-order valence-electron chi connectivity index (χ1n) is 43.9. The van der Waals surface area contributed by atoms with E-state index in [0.29, 0.717) is 6.42 Å². The molecule has 1 amide bonds. The highest BCUT2D eigenvalue weighted by atomic mass is 16.8. The smallest absolute Gasteiger partial charge is 0.220 e. The van der Waals surface area contributed by atoms with Gasteiger partial charge in [0.05, 0.1) is 38.6 Å². The first-order valence-corrected chi connectivity index (χ1v) is 43.9. The molecule has 0 spiro atoms. The van der Waals surface area contributed by atoms with Gasteiger partial charge >= 0.3 is 0 Å². The minimum Gasteiger partial charge on any atom is -0.394 e. The van der Waals surface area contributed by atoms with Crippen molar-refractivity contribution in [2.75, 3.05) is 26.4 Å². The van der Waals surface area contributed by atoms with Crippen LogP contribution < -0.4 is 5.32 Å². The van der Waals surface area contributed by atoms with Crippen molar-refractivity contribution in [3.8, 4) is 0 Å². The average molecular weight is 1490 g/mol. The van der Waals surface area contributed by atoms with Gasteiger partial charge in [0.15, 0.2) is 18.9 Å². The summed E-state index contributed by atoms with van der Waals surface area (Å²) in [6.45, 7) is 1.82. The number of aliphatic hydroxyl groups excluding tert-OH is 11. The summed E-state index contributed by atoms with van der Waals surface area (Å²) < 4.78 is 34.5. The second-order valence-electron chi connectivity index (χ2n) is 31.7. The minimum atomic E-state index is -1.98. The van der Waals surface area contributed by atoms with Crippen molar-refractivity contribution in [3.63, 3.8) is 0 Å². The Morgan fingerprint density at radius 2 is 0.596 bits per heavy atom. The highest BCUT2D eigenvalue weighted by Gasteiger charge is 2.54. The molecule has 12 N–H and O–H groups in total. The number of unbranched alkanes of at least 4 members (excludes halogenated alkanes) is 56. The van der Waals surface area contributed by atoms with E-state index in [2.05, 4.69) is 19.2 Å². The van der Waals surface area contributed by atoms with Crippen LogP contribution in [0.1, 0.15) is 393 Å². The van der Waals surface area contributed by atoms with Crippen LogP contribution in [0.4, 0.5) is 0 Å². The summed E-state index contributed by atoms with van der Waals surface area (Å²) in [4.78, 5) is 13.5. The van der Waals surface area contributed by atoms with Gasteiger partial charge in [-0.05, 0) is 19.3 Å². The molecule has 3 rings (SSSR count). The number of nitrogens with one attached hydrogen (secondary N) is 1. The van der Waals surface area contributed by atoms with Crippen molar-refractivity contribution in [3.05, 3.63) is 12.2 Å². The van der Waals surface area contributed by atoms with Crippen LogP contribution in [0, 0.1) is 0 Å². The Balaban J connectivity index is 1.34. The number of allylic oxidation sites excluding steroid dienone is 1. The second-order valence-corrected chi connectivity index (χ2v) is 31.7. The summed E-state index contributed by atoms with van der Waals surface area (Å²) in [5.74, 6) is -0.265. The maximum absolute atomic E-state index is 13.5. The molecule has 104 heavy (non-hydrogen) atoms. The van der Waals surface area contributed by atoms with Crippen molar-refractivity contribution in [2.24, 2.45) is 0 Å². The van der Waals surface area contributed by atoms with E-state index in [9.17, 15) is 61.0 Å². The molecule has 19 heteroatoms. The van der Waals surface area contributed by atoms with Gasteiger partial charge in [-0.25, -0.2) is 0 Å². The van der Waals surface area contributed by atoms with Gasteiger partial charge in [-0.3, -0.25) is 4.79 Å². The van der Waals surface area contributed by atoms with E-state index in [1.165, 1.54) is 321 Å². The maximum atomic E-state index is 13.5. The Labute approximate surface area is 633 Å². The van der Waals surface area contributed by atoms with Gasteiger partial charge in [0.2, 0.25) is 5.91 Å². The van der Waals surface area contributed by atoms with Crippen molar-refractivity contribution in [2.45, 2.75) is 497 Å². The zero-order chi connectivity index (χ0) is 75.3. The van der Waals surface area contributed by atoms with Gasteiger partial charge in [0.1, 0.15) is 73.2 Å². The summed E-state index contributed by atoms with van der Waals surface area (Å²) in [5.41, 5.74) is 0. The van der Waals surface area contributed by atoms with Gasteiger partial charge in [0, 0.05) is 6.42 Å². The number of ether oxygens (including phenoxy) is 6. The van der Waals surface area contributed by atoms with Crippen molar-refractivity contribution in [1.29, 1.82) is 0 Å². The Morgan fingerprint density at radius 1 is 0.337 bits per heavy atom. The monoisotopic (exact) mass is 1490 g/mol. The molecule has 0 aromatic heterocycles. The standard InChI is InChI=1S/C85H163NO18/c1-3-5-7-9-11-13-15-17-19-21-23-25-27-29-31-33-35-36-38-40-42-44-46-48-50-52-54-56-58-60-62-69(90)68(86-73(91)63-61-59-57-55-53-51-49-47-45-43-41-39-37-34-32-30-28-26-24-22-20-18-16-14-12-10-8-6-4-2)67-99-83-79(97)76(94)81(71(65-88)101-83)104-85-80(98)77(95)82(72(66-89)102-85)103-84-78(96)75(93)74(92)70(64-87)100-84/h60,62,68-72,74-85,87-90,92-98H,3-59,61,63-67H2,1-2H3,(H,86,91)/b62-60+. The van der Waals surface area contributed by atoms with Crippen LogP contribution in [0.3, 0.4) is 0 Å². The highest BCUT2D eigenvalue weighted by Crippen LogP contribution is 2.34. The van der Waals surface area contributed by atoms with E-state index < -0.39 is 124 Å². The van der Waals surface area contributed by atoms with E-state index in [1.54, 1.807) is 6.08 Å². The third kappa shape index (κ3) is 45.1. The minimum absolute atomic E-state index is 0.250. The lowest BCUT2D eigenvalue weighted by Gasteiger charge is -2.48. The number of rotatable bonds is 72. The van der Waals surface area contributed by atoms with Gasteiger partial charge in [0.25, 0.3) is 0 Å². The van der Waals surface area contributed by atoms with Crippen LogP contribution in [0.15, 0.2) is 12.2 Å². The fraction of sp³-hybridized carbons (Fsp3) is 0.965. The number of aliphatic hydroxyl groups is 11. The quantitative estimate of drug-likeness (QED) is 0.0199. The summed E-state index contributed by atoms with van der Waals surface area (Å²) >= 11 is 0. The average Bonchev–Trinajstić information content (AvgIpc) is 0.783. The molecule has 0 radical (unpaired) electrons. The van der Waals surface area contributed by atoms with Crippen molar-refractivity contribution in [1.82, 2.24) is 5.32 Å². The first kappa shape index (κ1) is 96.7. The zero-order valence-electron chi connectivity index (χ0n) is 66.3. The molecule has 17 unspecified atom stereocenters. The van der Waals surface area contributed by atoms with Crippen LogP contribution in [0.5, 0.6) is 0 Å². The molecule has 3 aliphatic heterocycles. The summed E-state index contributed by atoms with van der Waals surface area (Å²) in [6, 6.07) is -0.971. The number of hydrogen-bond donors (Lipinski definition) is 12. The molecule has 3 aliphatic rings. The fourth-order valence-electron chi connectivity index (χ4n) is 15.3. The molecule has 3 saturated heterocycles. The van der Waals surface area contributed by atoms with Gasteiger partial charge in [-0.1, -0.05) is 379 Å². The molecule has 3 fully saturated rings. The molecule has 0 saturated carbocycles. The maximum Gasteiger partial charge on any atom is 0.220 e. The second kappa shape index (κ2) is 66.2. The first-order chi connectivity index (χ1) is 50.8. The summed E-state index contributed by atoms with van der Waals surface area (Å²) in [5, 5.41) is 121. The van der Waals surface area contributed by atoms with E-state index in [0.717, 1.165) is 44.9 Å². The largest absolute Gasteiger partial charge is 0.394 e. The molecule has 3 heterocycles. The normalized spacial score (nSPS) is 25.9. The van der Waals surface area contributed by atoms with E-state index >= 15 is 0 Å². The lowest BCUT2D eigenvalue weighted by atomic mass is 9.96. The van der Waals surface area contributed by atoms with Gasteiger partial charge < -0.3 is 89.9 Å². The van der Waals surface area contributed by atoms with Crippen LogP contribution in [-0.2, 0) is 33.2 Å². The van der Waals surface area contributed by atoms with E-state index in [1.807, 2.05) is 6.08 Å². The highest BCUT2D eigenvalue weighted by molar-refractivity contribution is 5.76. The lowest BCUT2D eigenvalue weighted by Crippen LogP contribution is -2.66. The van der Waals surface area contributed by atoms with Gasteiger partial charge in [-0.15, -0.1) is 0 Å². The number of amides is 1. The Morgan fingerprint density at radius 3 is 0.904 bits per heavy atom. The van der Waals surface area contributed by atoms with Crippen LogP contribution in [0.25, 0.3) is 0 Å². The van der Waals surface area contributed by atoms with Crippen LogP contribution in [0.2, 0.25) is 0 Å². The molecular formula is C85H163NO18. The topological polar surface area (TPSA) is 307 Å². The molecule has 0 aromatic rings. The SMILES string of the molecule is CCCCCCCCCCCCCCCCCCCCCCCCCCCCCC/C=C/C(O)C(COC1OC(CO)C(OC2OC(CO)C(OC3OC(CO)C(O)C(O)C3O)C(O)C2O)C(O)C1O)NC(=O)CCCCCCCCCCCCCCCCCCCCCCCCCCCCCCC. The molecular weight excluding hydrogens is 1320 g/mol. The van der Waals surface area contributed by atoms with Crippen LogP contribution in [-0.4, -0.2) is 193 Å². The third-order valence-corrected chi connectivity index (χ3v) is 22.3. The predicted octanol–water partition coefficient (Wildman–Crippen LogP) is 15.9. The molecule has 616 valence electrons. The Bertz CT molecular complexity index is 1920. The molecule has 0 bridgehead atoms. The number of carbonyl (C=O) groups is 1. The summed E-state index contributed by atoms with van der Waals surface area (Å²) in [6.07, 6.45) is 53.6. The van der Waals surface area contributed by atoms with Crippen LogP contribution >= 0.6 is 0 Å². The van der Waals surface area contributed by atoms with Crippen molar-refractivity contribution >= 4 is 5.91 Å².